The molecule has 1 heterocycles. The second-order valence-electron chi connectivity index (χ2n) is 5.99. The molecule has 2 rings (SSSR count). The average molecular weight is 282 g/mol. The Hall–Kier alpha value is -1.07. The molecular formula is C14H22N2O2S. The Morgan fingerprint density at radius 1 is 1.21 bits per heavy atom. The molecule has 1 aliphatic rings. The number of nitrogens with zero attached hydrogens (tertiary/aromatic N) is 1. The Labute approximate surface area is 115 Å². The van der Waals surface area contributed by atoms with E-state index in [0.29, 0.717) is 23.7 Å². The fraction of sp³-hybridized carbons (Fsp3) is 0.571. The van der Waals surface area contributed by atoms with Crippen molar-refractivity contribution in [1.82, 2.24) is 4.31 Å². The molecule has 0 unspecified atom stereocenters. The van der Waals surface area contributed by atoms with Gasteiger partial charge in [-0.05, 0) is 42.9 Å². The summed E-state index contributed by atoms with van der Waals surface area (Å²) in [5.74, 6) is 0. The molecule has 1 aromatic rings. The topological polar surface area (TPSA) is 63.4 Å². The summed E-state index contributed by atoms with van der Waals surface area (Å²) in [7, 11) is -3.40. The van der Waals surface area contributed by atoms with Crippen LogP contribution in [0.5, 0.6) is 0 Å². The maximum absolute atomic E-state index is 12.6. The summed E-state index contributed by atoms with van der Waals surface area (Å²) in [6.07, 6.45) is 2.87. The largest absolute Gasteiger partial charge is 0.399 e. The molecule has 0 bridgehead atoms. The first-order valence-electron chi connectivity index (χ1n) is 6.67. The molecule has 0 spiro atoms. The highest BCUT2D eigenvalue weighted by Gasteiger charge is 2.30. The van der Waals surface area contributed by atoms with Crippen molar-refractivity contribution in [2.75, 3.05) is 18.8 Å². The minimum Gasteiger partial charge on any atom is -0.399 e. The lowest BCUT2D eigenvalue weighted by atomic mass is 9.85. The Bertz CT molecular complexity index is 552. The van der Waals surface area contributed by atoms with Gasteiger partial charge in [-0.1, -0.05) is 19.9 Å². The number of nitrogens with two attached hydrogens (primary N) is 1. The van der Waals surface area contributed by atoms with E-state index in [9.17, 15) is 8.42 Å². The van der Waals surface area contributed by atoms with E-state index in [1.54, 1.807) is 22.5 Å². The lowest BCUT2D eigenvalue weighted by molar-refractivity contribution is 0.315. The molecule has 1 aromatic carbocycles. The first-order chi connectivity index (χ1) is 8.81. The van der Waals surface area contributed by atoms with Crippen molar-refractivity contribution in [2.45, 2.75) is 38.0 Å². The number of benzene rings is 1. The minimum absolute atomic E-state index is 0.222. The maximum atomic E-state index is 12.6. The molecule has 0 amide bonds. The normalized spacial score (nSPS) is 20.9. The predicted octanol–water partition coefficient (Wildman–Crippen LogP) is 2.47. The number of sulfonamides is 1. The Kier molecular flexibility index (Phi) is 3.87. The van der Waals surface area contributed by atoms with Gasteiger partial charge in [0.15, 0.2) is 0 Å². The van der Waals surface area contributed by atoms with Crippen LogP contribution < -0.4 is 5.73 Å². The monoisotopic (exact) mass is 282 g/mol. The highest BCUT2D eigenvalue weighted by molar-refractivity contribution is 7.89. The number of nitrogen functional groups attached to an aromatic ring is 1. The van der Waals surface area contributed by atoms with E-state index in [2.05, 4.69) is 13.8 Å². The number of anilines is 1. The Morgan fingerprint density at radius 3 is 2.63 bits per heavy atom. The van der Waals surface area contributed by atoms with Crippen molar-refractivity contribution in [3.8, 4) is 0 Å². The smallest absolute Gasteiger partial charge is 0.243 e. The van der Waals surface area contributed by atoms with Crippen LogP contribution in [0.1, 0.15) is 33.1 Å². The summed E-state index contributed by atoms with van der Waals surface area (Å²) in [6.45, 7) is 5.58. The summed E-state index contributed by atoms with van der Waals surface area (Å²) >= 11 is 0. The molecule has 0 aromatic heterocycles. The molecule has 1 saturated heterocycles. The minimum atomic E-state index is -3.40. The number of rotatable bonds is 2. The highest BCUT2D eigenvalue weighted by atomic mass is 32.2. The Morgan fingerprint density at radius 2 is 1.95 bits per heavy atom. The van der Waals surface area contributed by atoms with Gasteiger partial charge in [-0.3, -0.25) is 0 Å². The third-order valence-electron chi connectivity index (χ3n) is 3.79. The summed E-state index contributed by atoms with van der Waals surface area (Å²) in [4.78, 5) is 0.298. The van der Waals surface area contributed by atoms with Crippen molar-refractivity contribution in [3.63, 3.8) is 0 Å². The van der Waals surface area contributed by atoms with E-state index in [1.807, 2.05) is 0 Å². The second kappa shape index (κ2) is 5.13. The van der Waals surface area contributed by atoms with Gasteiger partial charge in [-0.2, -0.15) is 4.31 Å². The first-order valence-corrected chi connectivity index (χ1v) is 8.11. The number of hydrogen-bond acceptors (Lipinski definition) is 3. The quantitative estimate of drug-likeness (QED) is 0.848. The van der Waals surface area contributed by atoms with Gasteiger partial charge in [0, 0.05) is 18.8 Å². The van der Waals surface area contributed by atoms with Crippen molar-refractivity contribution < 1.29 is 8.42 Å². The Balaban J connectivity index is 2.25. The van der Waals surface area contributed by atoms with Gasteiger partial charge in [-0.25, -0.2) is 8.42 Å². The van der Waals surface area contributed by atoms with Gasteiger partial charge < -0.3 is 5.73 Å². The average Bonchev–Trinajstić information content (AvgIpc) is 2.50. The molecule has 5 heteroatoms. The van der Waals surface area contributed by atoms with Crippen LogP contribution in [0.15, 0.2) is 29.2 Å². The van der Waals surface area contributed by atoms with E-state index in [-0.39, 0.29) is 5.41 Å². The zero-order valence-electron chi connectivity index (χ0n) is 11.6. The molecule has 1 aliphatic heterocycles. The van der Waals surface area contributed by atoms with E-state index in [4.69, 9.17) is 5.73 Å². The van der Waals surface area contributed by atoms with Gasteiger partial charge >= 0.3 is 0 Å². The van der Waals surface area contributed by atoms with Gasteiger partial charge in [0.25, 0.3) is 0 Å². The summed E-state index contributed by atoms with van der Waals surface area (Å²) in [6, 6.07) is 6.53. The molecule has 0 radical (unpaired) electrons. The maximum Gasteiger partial charge on any atom is 0.243 e. The van der Waals surface area contributed by atoms with Crippen LogP contribution in [0.4, 0.5) is 5.69 Å². The molecular weight excluding hydrogens is 260 g/mol. The molecule has 0 saturated carbocycles. The van der Waals surface area contributed by atoms with Crippen LogP contribution in [0.3, 0.4) is 0 Å². The third-order valence-corrected chi connectivity index (χ3v) is 5.69. The number of hydrogen-bond donors (Lipinski definition) is 1. The van der Waals surface area contributed by atoms with Gasteiger partial charge in [0.1, 0.15) is 0 Å². The van der Waals surface area contributed by atoms with E-state index in [1.165, 1.54) is 6.07 Å². The predicted molar refractivity (Wildman–Crippen MR) is 77.2 cm³/mol. The lowest BCUT2D eigenvalue weighted by Crippen LogP contribution is -2.32. The SMILES string of the molecule is CC1(C)CCCN(S(=O)(=O)c2cccc(N)c2)CC1. The zero-order chi connectivity index (χ0) is 14.1. The molecule has 19 heavy (non-hydrogen) atoms. The van der Waals surface area contributed by atoms with E-state index in [0.717, 1.165) is 19.3 Å². The fourth-order valence-electron chi connectivity index (χ4n) is 2.46. The molecule has 1 fully saturated rings. The van der Waals surface area contributed by atoms with Crippen LogP contribution in [0.2, 0.25) is 0 Å². The van der Waals surface area contributed by atoms with Crippen LogP contribution >= 0.6 is 0 Å². The van der Waals surface area contributed by atoms with Crippen molar-refractivity contribution in [2.24, 2.45) is 5.41 Å². The van der Waals surface area contributed by atoms with E-state index >= 15 is 0 Å². The van der Waals surface area contributed by atoms with Gasteiger partial charge in [0.05, 0.1) is 4.90 Å². The van der Waals surface area contributed by atoms with Crippen molar-refractivity contribution in [3.05, 3.63) is 24.3 Å². The molecule has 106 valence electrons. The summed E-state index contributed by atoms with van der Waals surface area (Å²) in [5.41, 5.74) is 6.38. The van der Waals surface area contributed by atoms with Crippen LogP contribution in [-0.4, -0.2) is 25.8 Å². The van der Waals surface area contributed by atoms with Crippen LogP contribution in [0, 0.1) is 5.41 Å². The zero-order valence-corrected chi connectivity index (χ0v) is 12.4. The van der Waals surface area contributed by atoms with Crippen LogP contribution in [-0.2, 0) is 10.0 Å². The first kappa shape index (κ1) is 14.3. The molecule has 0 aliphatic carbocycles. The van der Waals surface area contributed by atoms with E-state index < -0.39 is 10.0 Å². The molecule has 2 N–H and O–H groups in total. The van der Waals surface area contributed by atoms with Gasteiger partial charge in [0.2, 0.25) is 10.0 Å². The highest BCUT2D eigenvalue weighted by Crippen LogP contribution is 2.31. The van der Waals surface area contributed by atoms with Gasteiger partial charge in [-0.15, -0.1) is 0 Å². The van der Waals surface area contributed by atoms with Crippen molar-refractivity contribution in [1.29, 1.82) is 0 Å². The fourth-order valence-corrected chi connectivity index (χ4v) is 4.00. The standard InChI is InChI=1S/C14H22N2O2S/c1-14(2)7-4-9-16(10-8-14)19(17,18)13-6-3-5-12(15)11-13/h3,5-6,11H,4,7-10,15H2,1-2H3. The summed E-state index contributed by atoms with van der Waals surface area (Å²) in [5, 5.41) is 0. The molecule has 0 atom stereocenters. The third kappa shape index (κ3) is 3.28. The van der Waals surface area contributed by atoms with Crippen LogP contribution in [0.25, 0.3) is 0 Å². The summed E-state index contributed by atoms with van der Waals surface area (Å²) < 4.78 is 26.7. The second-order valence-corrected chi connectivity index (χ2v) is 7.93. The molecule has 4 nitrogen and oxygen atoms in total. The lowest BCUT2D eigenvalue weighted by Gasteiger charge is -2.23. The van der Waals surface area contributed by atoms with Crippen molar-refractivity contribution >= 4 is 15.7 Å².